The van der Waals surface area contributed by atoms with Crippen molar-refractivity contribution in [1.82, 2.24) is 5.32 Å². The second-order valence-corrected chi connectivity index (χ2v) is 4.53. The van der Waals surface area contributed by atoms with Gasteiger partial charge in [-0.25, -0.2) is 8.78 Å². The van der Waals surface area contributed by atoms with Gasteiger partial charge in [0.15, 0.2) is 11.5 Å². The monoisotopic (exact) mass is 307 g/mol. The molecule has 6 heteroatoms. The molecule has 22 heavy (non-hydrogen) atoms. The van der Waals surface area contributed by atoms with Crippen molar-refractivity contribution in [3.05, 3.63) is 59.2 Å². The summed E-state index contributed by atoms with van der Waals surface area (Å²) in [6.07, 6.45) is 0. The van der Waals surface area contributed by atoms with Gasteiger partial charge in [0.05, 0.1) is 14.2 Å². The van der Waals surface area contributed by atoms with E-state index in [1.54, 1.807) is 18.2 Å². The van der Waals surface area contributed by atoms with Gasteiger partial charge in [0, 0.05) is 18.2 Å². The van der Waals surface area contributed by atoms with E-state index >= 15 is 0 Å². The van der Waals surface area contributed by atoms with Crippen LogP contribution in [0.2, 0.25) is 0 Å². The Morgan fingerprint density at radius 3 is 2.23 bits per heavy atom. The molecule has 0 spiro atoms. The van der Waals surface area contributed by atoms with Gasteiger partial charge in [-0.1, -0.05) is 6.07 Å². The van der Waals surface area contributed by atoms with E-state index in [0.717, 1.165) is 17.7 Å². The fourth-order valence-electron chi connectivity index (χ4n) is 1.96. The fraction of sp³-hybridized carbons (Fsp3) is 0.188. The molecule has 0 atom stereocenters. The van der Waals surface area contributed by atoms with Crippen LogP contribution in [0.4, 0.5) is 8.78 Å². The SMILES string of the molecule is COc1ccc(CNC(=O)c2cc(F)cc(F)c2)cc1OC. The second-order valence-electron chi connectivity index (χ2n) is 4.53. The number of carbonyl (C=O) groups excluding carboxylic acids is 1. The van der Waals surface area contributed by atoms with Crippen molar-refractivity contribution in [2.45, 2.75) is 6.54 Å². The number of hydrogen-bond donors (Lipinski definition) is 1. The standard InChI is InChI=1S/C16H15F2NO3/c1-21-14-4-3-10(5-15(14)22-2)9-19-16(20)11-6-12(17)8-13(18)7-11/h3-8H,9H2,1-2H3,(H,19,20). The number of methoxy groups -OCH3 is 2. The minimum Gasteiger partial charge on any atom is -0.493 e. The van der Waals surface area contributed by atoms with Gasteiger partial charge in [0.25, 0.3) is 5.91 Å². The van der Waals surface area contributed by atoms with Gasteiger partial charge in [-0.3, -0.25) is 4.79 Å². The summed E-state index contributed by atoms with van der Waals surface area (Å²) in [5.74, 6) is -1.04. The predicted molar refractivity (Wildman–Crippen MR) is 77.1 cm³/mol. The van der Waals surface area contributed by atoms with Crippen LogP contribution >= 0.6 is 0 Å². The van der Waals surface area contributed by atoms with Crippen molar-refractivity contribution in [1.29, 1.82) is 0 Å². The van der Waals surface area contributed by atoms with Crippen LogP contribution in [0.3, 0.4) is 0 Å². The van der Waals surface area contributed by atoms with Crippen molar-refractivity contribution in [3.8, 4) is 11.5 Å². The van der Waals surface area contributed by atoms with E-state index in [1.165, 1.54) is 14.2 Å². The van der Waals surface area contributed by atoms with Gasteiger partial charge in [-0.05, 0) is 29.8 Å². The summed E-state index contributed by atoms with van der Waals surface area (Å²) < 4.78 is 36.4. The molecular weight excluding hydrogens is 292 g/mol. The number of amides is 1. The minimum absolute atomic E-state index is 0.0713. The zero-order valence-corrected chi connectivity index (χ0v) is 12.2. The Morgan fingerprint density at radius 1 is 1.00 bits per heavy atom. The molecule has 2 aromatic carbocycles. The summed E-state index contributed by atoms with van der Waals surface area (Å²) in [6, 6.07) is 7.85. The number of halogens is 2. The first-order valence-electron chi connectivity index (χ1n) is 6.48. The second kappa shape index (κ2) is 6.89. The molecule has 0 aliphatic rings. The molecule has 2 aromatic rings. The molecule has 2 rings (SSSR count). The largest absolute Gasteiger partial charge is 0.493 e. The molecule has 0 heterocycles. The van der Waals surface area contributed by atoms with Gasteiger partial charge >= 0.3 is 0 Å². The van der Waals surface area contributed by atoms with Crippen LogP contribution in [0.5, 0.6) is 11.5 Å². The summed E-state index contributed by atoms with van der Waals surface area (Å²) in [5.41, 5.74) is 0.695. The van der Waals surface area contributed by atoms with E-state index in [2.05, 4.69) is 5.32 Å². The normalized spacial score (nSPS) is 10.2. The highest BCUT2D eigenvalue weighted by Crippen LogP contribution is 2.27. The third-order valence-corrected chi connectivity index (χ3v) is 3.03. The summed E-state index contributed by atoms with van der Waals surface area (Å²) in [4.78, 5) is 11.9. The van der Waals surface area contributed by atoms with Gasteiger partial charge in [0.2, 0.25) is 0 Å². The van der Waals surface area contributed by atoms with E-state index in [9.17, 15) is 13.6 Å². The lowest BCUT2D eigenvalue weighted by Gasteiger charge is -2.10. The maximum Gasteiger partial charge on any atom is 0.251 e. The molecule has 0 aliphatic heterocycles. The summed E-state index contributed by atoms with van der Waals surface area (Å²) in [5, 5.41) is 2.59. The minimum atomic E-state index is -0.795. The Kier molecular flexibility index (Phi) is 4.93. The molecule has 1 N–H and O–H groups in total. The zero-order valence-electron chi connectivity index (χ0n) is 12.2. The Balaban J connectivity index is 2.07. The highest BCUT2D eigenvalue weighted by molar-refractivity contribution is 5.94. The highest BCUT2D eigenvalue weighted by atomic mass is 19.1. The van der Waals surface area contributed by atoms with Crippen molar-refractivity contribution in [2.75, 3.05) is 14.2 Å². The Morgan fingerprint density at radius 2 is 1.64 bits per heavy atom. The van der Waals surface area contributed by atoms with Gasteiger partial charge in [-0.15, -0.1) is 0 Å². The molecule has 4 nitrogen and oxygen atoms in total. The molecule has 0 unspecified atom stereocenters. The van der Waals surface area contributed by atoms with E-state index < -0.39 is 17.5 Å². The number of rotatable bonds is 5. The smallest absolute Gasteiger partial charge is 0.251 e. The quantitative estimate of drug-likeness (QED) is 0.924. The molecule has 0 fully saturated rings. The summed E-state index contributed by atoms with van der Waals surface area (Å²) in [6.45, 7) is 0.192. The first kappa shape index (κ1) is 15.8. The van der Waals surface area contributed by atoms with Crippen molar-refractivity contribution >= 4 is 5.91 Å². The lowest BCUT2D eigenvalue weighted by atomic mass is 10.1. The van der Waals surface area contributed by atoms with Crippen LogP contribution in [-0.4, -0.2) is 20.1 Å². The molecule has 0 saturated heterocycles. The van der Waals surface area contributed by atoms with E-state index in [0.29, 0.717) is 17.6 Å². The molecule has 0 saturated carbocycles. The molecule has 0 aromatic heterocycles. The van der Waals surface area contributed by atoms with E-state index in [-0.39, 0.29) is 12.1 Å². The Labute approximate surface area is 126 Å². The molecule has 0 radical (unpaired) electrons. The van der Waals surface area contributed by atoms with E-state index in [4.69, 9.17) is 9.47 Å². The van der Waals surface area contributed by atoms with Crippen LogP contribution in [0.25, 0.3) is 0 Å². The summed E-state index contributed by atoms with van der Waals surface area (Å²) >= 11 is 0. The van der Waals surface area contributed by atoms with Crippen molar-refractivity contribution < 1.29 is 23.0 Å². The maximum atomic E-state index is 13.1. The number of hydrogen-bond acceptors (Lipinski definition) is 3. The molecule has 0 aliphatic carbocycles. The van der Waals surface area contributed by atoms with Crippen LogP contribution in [0.1, 0.15) is 15.9 Å². The van der Waals surface area contributed by atoms with E-state index in [1.807, 2.05) is 0 Å². The average Bonchev–Trinajstić information content (AvgIpc) is 2.51. The van der Waals surface area contributed by atoms with Crippen LogP contribution in [0, 0.1) is 11.6 Å². The third kappa shape index (κ3) is 3.72. The summed E-state index contributed by atoms with van der Waals surface area (Å²) in [7, 11) is 3.04. The molecule has 116 valence electrons. The van der Waals surface area contributed by atoms with Crippen molar-refractivity contribution in [3.63, 3.8) is 0 Å². The maximum absolute atomic E-state index is 13.1. The first-order chi connectivity index (χ1) is 10.5. The number of nitrogens with one attached hydrogen (secondary N) is 1. The molecular formula is C16H15F2NO3. The Bertz CT molecular complexity index is 669. The molecule has 1 amide bonds. The Hall–Kier alpha value is -2.63. The lowest BCUT2D eigenvalue weighted by molar-refractivity contribution is 0.0950. The fourth-order valence-corrected chi connectivity index (χ4v) is 1.96. The topological polar surface area (TPSA) is 47.6 Å². The van der Waals surface area contributed by atoms with Crippen molar-refractivity contribution in [2.24, 2.45) is 0 Å². The molecule has 0 bridgehead atoms. The van der Waals surface area contributed by atoms with Crippen LogP contribution in [0.15, 0.2) is 36.4 Å². The first-order valence-corrected chi connectivity index (χ1v) is 6.48. The average molecular weight is 307 g/mol. The lowest BCUT2D eigenvalue weighted by Crippen LogP contribution is -2.23. The number of benzene rings is 2. The van der Waals surface area contributed by atoms with Gasteiger partial charge in [0.1, 0.15) is 11.6 Å². The van der Waals surface area contributed by atoms with Crippen LogP contribution < -0.4 is 14.8 Å². The zero-order chi connectivity index (χ0) is 16.1. The predicted octanol–water partition coefficient (Wildman–Crippen LogP) is 2.91. The van der Waals surface area contributed by atoms with Gasteiger partial charge < -0.3 is 14.8 Å². The van der Waals surface area contributed by atoms with Crippen LogP contribution in [-0.2, 0) is 6.54 Å². The number of ether oxygens (including phenoxy) is 2. The highest BCUT2D eigenvalue weighted by Gasteiger charge is 2.10. The van der Waals surface area contributed by atoms with Gasteiger partial charge in [-0.2, -0.15) is 0 Å². The third-order valence-electron chi connectivity index (χ3n) is 3.03. The number of carbonyl (C=O) groups is 1.